The SMILES string of the molecule is C[C@@H](Cc1ccco1)NC(=O)c1cc2cc(S(=O)(=O)N(C)C)ccc2n1Cc1ccccc1. The van der Waals surface area contributed by atoms with Crippen molar-refractivity contribution >= 4 is 26.8 Å². The first-order valence-corrected chi connectivity index (χ1v) is 12.1. The number of furan rings is 1. The van der Waals surface area contributed by atoms with Crippen molar-refractivity contribution in [3.63, 3.8) is 0 Å². The van der Waals surface area contributed by atoms with Gasteiger partial charge in [-0.15, -0.1) is 0 Å². The maximum Gasteiger partial charge on any atom is 0.268 e. The Hall–Kier alpha value is -3.36. The van der Waals surface area contributed by atoms with Gasteiger partial charge in [0.05, 0.1) is 11.2 Å². The molecule has 0 aliphatic heterocycles. The Labute approximate surface area is 193 Å². The van der Waals surface area contributed by atoms with Gasteiger partial charge in [-0.3, -0.25) is 4.79 Å². The van der Waals surface area contributed by atoms with Gasteiger partial charge in [0, 0.05) is 44.0 Å². The molecule has 2 aromatic carbocycles. The van der Waals surface area contributed by atoms with E-state index < -0.39 is 10.0 Å². The maximum absolute atomic E-state index is 13.3. The Morgan fingerprint density at radius 3 is 2.48 bits per heavy atom. The number of amides is 1. The number of nitrogens with zero attached hydrogens (tertiary/aromatic N) is 2. The minimum absolute atomic E-state index is 0.142. The second-order valence-corrected chi connectivity index (χ2v) is 10.4. The van der Waals surface area contributed by atoms with Crippen molar-refractivity contribution in [1.29, 1.82) is 0 Å². The summed E-state index contributed by atoms with van der Waals surface area (Å²) in [5.41, 5.74) is 2.30. The van der Waals surface area contributed by atoms with Gasteiger partial charge in [-0.2, -0.15) is 0 Å². The number of hydrogen-bond acceptors (Lipinski definition) is 4. The molecule has 1 N–H and O–H groups in total. The van der Waals surface area contributed by atoms with E-state index in [9.17, 15) is 13.2 Å². The highest BCUT2D eigenvalue weighted by atomic mass is 32.2. The van der Waals surface area contributed by atoms with Gasteiger partial charge in [0.15, 0.2) is 0 Å². The van der Waals surface area contributed by atoms with Crippen LogP contribution in [0.15, 0.2) is 82.3 Å². The molecule has 0 saturated carbocycles. The normalized spacial score (nSPS) is 12.8. The van der Waals surface area contributed by atoms with Crippen LogP contribution in [0.4, 0.5) is 0 Å². The summed E-state index contributed by atoms with van der Waals surface area (Å²) in [6.07, 6.45) is 2.18. The van der Waals surface area contributed by atoms with Crippen molar-refractivity contribution in [3.05, 3.63) is 90.0 Å². The molecular formula is C25H27N3O4S. The second-order valence-electron chi connectivity index (χ2n) is 8.27. The first-order chi connectivity index (χ1) is 15.8. The number of hydrogen-bond donors (Lipinski definition) is 1. The molecule has 0 unspecified atom stereocenters. The van der Waals surface area contributed by atoms with Gasteiger partial charge in [0.2, 0.25) is 10.0 Å². The quantitative estimate of drug-likeness (QED) is 0.428. The number of aromatic nitrogens is 1. The first-order valence-electron chi connectivity index (χ1n) is 10.7. The van der Waals surface area contributed by atoms with E-state index in [2.05, 4.69) is 5.32 Å². The summed E-state index contributed by atoms with van der Waals surface area (Å²) >= 11 is 0. The maximum atomic E-state index is 13.3. The van der Waals surface area contributed by atoms with Crippen LogP contribution in [0.25, 0.3) is 10.9 Å². The lowest BCUT2D eigenvalue weighted by Gasteiger charge is -2.15. The predicted octanol–water partition coefficient (Wildman–Crippen LogP) is 3.89. The number of carbonyl (C=O) groups is 1. The molecule has 4 aromatic rings. The van der Waals surface area contributed by atoms with E-state index in [-0.39, 0.29) is 16.8 Å². The molecule has 0 radical (unpaired) electrons. The van der Waals surface area contributed by atoms with Crippen LogP contribution < -0.4 is 5.32 Å². The Morgan fingerprint density at radius 1 is 1.06 bits per heavy atom. The van der Waals surface area contributed by atoms with Gasteiger partial charge >= 0.3 is 0 Å². The van der Waals surface area contributed by atoms with Gasteiger partial charge in [-0.1, -0.05) is 30.3 Å². The van der Waals surface area contributed by atoms with E-state index in [0.29, 0.717) is 24.0 Å². The standard InChI is InChI=1S/C25H27N3O4S/c1-18(14-21-10-7-13-32-21)26-25(29)24-16-20-15-22(33(30,31)27(2)3)11-12-23(20)28(24)17-19-8-5-4-6-9-19/h4-13,15-16,18H,14,17H2,1-3H3,(H,26,29)/t18-/m0/s1. The second kappa shape index (κ2) is 9.25. The summed E-state index contributed by atoms with van der Waals surface area (Å²) in [7, 11) is -0.587. The van der Waals surface area contributed by atoms with Gasteiger partial charge in [-0.05, 0) is 48.9 Å². The molecule has 2 aromatic heterocycles. The van der Waals surface area contributed by atoms with Gasteiger partial charge < -0.3 is 14.3 Å². The number of sulfonamides is 1. The highest BCUT2D eigenvalue weighted by Gasteiger charge is 2.22. The Bertz CT molecular complexity index is 1360. The van der Waals surface area contributed by atoms with E-state index in [1.54, 1.807) is 30.5 Å². The molecule has 0 spiro atoms. The molecule has 0 aliphatic carbocycles. The van der Waals surface area contributed by atoms with Crippen molar-refractivity contribution < 1.29 is 17.6 Å². The van der Waals surface area contributed by atoms with E-state index >= 15 is 0 Å². The molecule has 1 atom stereocenters. The van der Waals surface area contributed by atoms with Crippen LogP contribution in [0.2, 0.25) is 0 Å². The lowest BCUT2D eigenvalue weighted by Crippen LogP contribution is -2.35. The number of carbonyl (C=O) groups excluding carboxylic acids is 1. The van der Waals surface area contributed by atoms with Crippen LogP contribution in [0.3, 0.4) is 0 Å². The summed E-state index contributed by atoms with van der Waals surface area (Å²) in [6, 6.07) is 20.1. The van der Waals surface area contributed by atoms with Crippen LogP contribution in [0.1, 0.15) is 28.7 Å². The highest BCUT2D eigenvalue weighted by molar-refractivity contribution is 7.89. The van der Waals surface area contributed by atoms with Crippen molar-refractivity contribution in [2.75, 3.05) is 14.1 Å². The third kappa shape index (κ3) is 4.86. The molecule has 172 valence electrons. The molecule has 4 rings (SSSR count). The molecule has 0 fully saturated rings. The van der Waals surface area contributed by atoms with Crippen molar-refractivity contribution in [3.8, 4) is 0 Å². The molecule has 8 heteroatoms. The minimum atomic E-state index is -3.59. The van der Waals surface area contributed by atoms with Gasteiger partial charge in [0.1, 0.15) is 11.5 Å². The van der Waals surface area contributed by atoms with E-state index in [4.69, 9.17) is 4.42 Å². The van der Waals surface area contributed by atoms with Crippen molar-refractivity contribution in [2.45, 2.75) is 30.8 Å². The fourth-order valence-corrected chi connectivity index (χ4v) is 4.76. The summed E-state index contributed by atoms with van der Waals surface area (Å²) in [4.78, 5) is 13.5. The molecule has 2 heterocycles. The average Bonchev–Trinajstić information content (AvgIpc) is 3.42. The van der Waals surface area contributed by atoms with Gasteiger partial charge in [-0.25, -0.2) is 12.7 Å². The molecule has 0 aliphatic rings. The lowest BCUT2D eigenvalue weighted by atomic mass is 10.2. The van der Waals surface area contributed by atoms with Crippen LogP contribution in [-0.4, -0.2) is 43.3 Å². The van der Waals surface area contributed by atoms with E-state index in [0.717, 1.165) is 16.8 Å². The fourth-order valence-electron chi connectivity index (χ4n) is 3.82. The Kier molecular flexibility index (Phi) is 6.40. The lowest BCUT2D eigenvalue weighted by molar-refractivity contribution is 0.0930. The number of fused-ring (bicyclic) bond motifs is 1. The highest BCUT2D eigenvalue weighted by Crippen LogP contribution is 2.26. The number of benzene rings is 2. The van der Waals surface area contributed by atoms with Crippen molar-refractivity contribution in [2.24, 2.45) is 0 Å². The fraction of sp³-hybridized carbons (Fsp3) is 0.240. The van der Waals surface area contributed by atoms with Crippen molar-refractivity contribution in [1.82, 2.24) is 14.2 Å². The zero-order valence-electron chi connectivity index (χ0n) is 18.9. The molecule has 33 heavy (non-hydrogen) atoms. The van der Waals surface area contributed by atoms with E-state index in [1.165, 1.54) is 18.4 Å². The topological polar surface area (TPSA) is 84.5 Å². The Morgan fingerprint density at radius 2 is 1.82 bits per heavy atom. The summed E-state index contributed by atoms with van der Waals surface area (Å²) < 4.78 is 33.7. The van der Waals surface area contributed by atoms with Crippen LogP contribution >= 0.6 is 0 Å². The van der Waals surface area contributed by atoms with E-state index in [1.807, 2.05) is 54.0 Å². The zero-order chi connectivity index (χ0) is 23.6. The average molecular weight is 466 g/mol. The molecule has 0 bridgehead atoms. The smallest absolute Gasteiger partial charge is 0.268 e. The molecule has 1 amide bonds. The predicted molar refractivity (Wildman–Crippen MR) is 128 cm³/mol. The largest absolute Gasteiger partial charge is 0.469 e. The first kappa shape index (κ1) is 22.8. The third-order valence-corrected chi connectivity index (χ3v) is 7.34. The molecule has 7 nitrogen and oxygen atoms in total. The minimum Gasteiger partial charge on any atom is -0.469 e. The van der Waals surface area contributed by atoms with Crippen LogP contribution in [0.5, 0.6) is 0 Å². The Balaban J connectivity index is 1.72. The number of rotatable bonds is 8. The van der Waals surface area contributed by atoms with Crippen LogP contribution in [-0.2, 0) is 23.0 Å². The third-order valence-electron chi connectivity index (χ3n) is 5.53. The molecular weight excluding hydrogens is 438 g/mol. The summed E-state index contributed by atoms with van der Waals surface area (Å²) in [6.45, 7) is 2.41. The summed E-state index contributed by atoms with van der Waals surface area (Å²) in [5.74, 6) is 0.573. The van der Waals surface area contributed by atoms with Gasteiger partial charge in [0.25, 0.3) is 5.91 Å². The van der Waals surface area contributed by atoms with Crippen LogP contribution in [0, 0.1) is 0 Å². The molecule has 0 saturated heterocycles. The number of nitrogens with one attached hydrogen (secondary N) is 1. The zero-order valence-corrected chi connectivity index (χ0v) is 19.7. The monoisotopic (exact) mass is 465 g/mol. The summed E-state index contributed by atoms with van der Waals surface area (Å²) in [5, 5.41) is 3.73.